The van der Waals surface area contributed by atoms with Crippen molar-refractivity contribution in [2.24, 2.45) is 0 Å². The highest BCUT2D eigenvalue weighted by Crippen LogP contribution is 2.11. The van der Waals surface area contributed by atoms with Crippen molar-refractivity contribution in [3.05, 3.63) is 29.8 Å². The lowest BCUT2D eigenvalue weighted by molar-refractivity contribution is -0.120. The lowest BCUT2D eigenvalue weighted by Gasteiger charge is -2.04. The standard InChI is InChI=1S/C11H15NO2S/c1-14-10-4-2-9(3-5-10)8-11(13)12-6-7-15/h2-5,15H,6-8H2,1H3,(H,12,13). The third kappa shape index (κ3) is 4.25. The number of benzene rings is 1. The molecule has 0 aliphatic carbocycles. The van der Waals surface area contributed by atoms with Crippen molar-refractivity contribution in [3.63, 3.8) is 0 Å². The molecule has 1 aromatic carbocycles. The number of nitrogens with one attached hydrogen (secondary N) is 1. The Hall–Kier alpha value is -1.16. The predicted octanol–water partition coefficient (Wildman–Crippen LogP) is 1.28. The first-order chi connectivity index (χ1) is 7.26. The second kappa shape index (κ2) is 6.35. The van der Waals surface area contributed by atoms with Gasteiger partial charge >= 0.3 is 0 Å². The highest BCUT2D eigenvalue weighted by atomic mass is 32.1. The maximum atomic E-state index is 11.3. The van der Waals surface area contributed by atoms with E-state index in [1.807, 2.05) is 24.3 Å². The van der Waals surface area contributed by atoms with Gasteiger partial charge in [-0.1, -0.05) is 12.1 Å². The van der Waals surface area contributed by atoms with Crippen molar-refractivity contribution in [1.29, 1.82) is 0 Å². The summed E-state index contributed by atoms with van der Waals surface area (Å²) in [5.41, 5.74) is 0.979. The van der Waals surface area contributed by atoms with Gasteiger partial charge in [0.1, 0.15) is 5.75 Å². The van der Waals surface area contributed by atoms with Crippen LogP contribution in [0.25, 0.3) is 0 Å². The molecular weight excluding hydrogens is 210 g/mol. The van der Waals surface area contributed by atoms with Crippen molar-refractivity contribution in [2.75, 3.05) is 19.4 Å². The third-order valence-electron chi connectivity index (χ3n) is 1.96. The van der Waals surface area contributed by atoms with E-state index >= 15 is 0 Å². The Morgan fingerprint density at radius 2 is 2.07 bits per heavy atom. The molecule has 0 atom stereocenters. The van der Waals surface area contributed by atoms with Gasteiger partial charge in [-0.15, -0.1) is 0 Å². The highest BCUT2D eigenvalue weighted by molar-refractivity contribution is 7.80. The van der Waals surface area contributed by atoms with Crippen molar-refractivity contribution in [3.8, 4) is 5.75 Å². The molecule has 0 spiro atoms. The van der Waals surface area contributed by atoms with E-state index in [0.29, 0.717) is 18.7 Å². The summed E-state index contributed by atoms with van der Waals surface area (Å²) >= 11 is 4.02. The molecule has 0 fully saturated rings. The Labute approximate surface area is 95.2 Å². The molecule has 0 unspecified atom stereocenters. The number of ether oxygens (including phenoxy) is 1. The van der Waals surface area contributed by atoms with Crippen LogP contribution in [0.15, 0.2) is 24.3 Å². The average molecular weight is 225 g/mol. The lowest BCUT2D eigenvalue weighted by atomic mass is 10.1. The van der Waals surface area contributed by atoms with Crippen LogP contribution in [0.3, 0.4) is 0 Å². The summed E-state index contributed by atoms with van der Waals surface area (Å²) in [5, 5.41) is 2.76. The average Bonchev–Trinajstić information content (AvgIpc) is 2.27. The number of hydrogen-bond acceptors (Lipinski definition) is 3. The van der Waals surface area contributed by atoms with Crippen LogP contribution in [-0.2, 0) is 11.2 Å². The SMILES string of the molecule is COc1ccc(CC(=O)NCCS)cc1. The van der Waals surface area contributed by atoms with Gasteiger partial charge in [-0.2, -0.15) is 12.6 Å². The number of hydrogen-bond donors (Lipinski definition) is 2. The van der Waals surface area contributed by atoms with Gasteiger partial charge in [0.25, 0.3) is 0 Å². The van der Waals surface area contributed by atoms with Crippen LogP contribution in [0.5, 0.6) is 5.75 Å². The smallest absolute Gasteiger partial charge is 0.224 e. The van der Waals surface area contributed by atoms with Gasteiger partial charge in [0.05, 0.1) is 13.5 Å². The first-order valence-corrected chi connectivity index (χ1v) is 5.40. The van der Waals surface area contributed by atoms with Crippen molar-refractivity contribution < 1.29 is 9.53 Å². The van der Waals surface area contributed by atoms with Gasteiger partial charge in [0.2, 0.25) is 5.91 Å². The van der Waals surface area contributed by atoms with Crippen LogP contribution in [0.4, 0.5) is 0 Å². The Balaban J connectivity index is 2.46. The van der Waals surface area contributed by atoms with Gasteiger partial charge in [-0.25, -0.2) is 0 Å². The van der Waals surface area contributed by atoms with E-state index in [9.17, 15) is 4.79 Å². The molecule has 0 aliphatic heterocycles. The number of thiol groups is 1. The summed E-state index contributed by atoms with van der Waals surface area (Å²) in [5.74, 6) is 1.48. The topological polar surface area (TPSA) is 38.3 Å². The number of carbonyl (C=O) groups excluding carboxylic acids is 1. The molecule has 0 saturated carbocycles. The minimum absolute atomic E-state index is 0.0224. The molecule has 1 rings (SSSR count). The van der Waals surface area contributed by atoms with Crippen LogP contribution in [0.2, 0.25) is 0 Å². The van der Waals surface area contributed by atoms with Crippen LogP contribution in [0.1, 0.15) is 5.56 Å². The predicted molar refractivity (Wildman–Crippen MR) is 63.6 cm³/mol. The second-order valence-electron chi connectivity index (χ2n) is 3.10. The summed E-state index contributed by atoms with van der Waals surface area (Å²) in [6, 6.07) is 7.47. The molecule has 1 aromatic rings. The van der Waals surface area contributed by atoms with E-state index in [4.69, 9.17) is 4.74 Å². The quantitative estimate of drug-likeness (QED) is 0.741. The van der Waals surface area contributed by atoms with Crippen molar-refractivity contribution >= 4 is 18.5 Å². The zero-order valence-corrected chi connectivity index (χ0v) is 9.59. The van der Waals surface area contributed by atoms with Gasteiger partial charge in [0.15, 0.2) is 0 Å². The Morgan fingerprint density at radius 3 is 2.60 bits per heavy atom. The number of rotatable bonds is 5. The maximum absolute atomic E-state index is 11.3. The summed E-state index contributed by atoms with van der Waals surface area (Å²) in [7, 11) is 1.62. The molecule has 3 nitrogen and oxygen atoms in total. The minimum Gasteiger partial charge on any atom is -0.497 e. The molecule has 0 bridgehead atoms. The van der Waals surface area contributed by atoms with E-state index < -0.39 is 0 Å². The Kier molecular flexibility index (Phi) is 5.04. The molecule has 1 amide bonds. The van der Waals surface area contributed by atoms with Crippen LogP contribution >= 0.6 is 12.6 Å². The molecule has 0 saturated heterocycles. The number of methoxy groups -OCH3 is 1. The molecular formula is C11H15NO2S. The molecule has 15 heavy (non-hydrogen) atoms. The van der Waals surface area contributed by atoms with E-state index in [1.165, 1.54) is 0 Å². The fraction of sp³-hybridized carbons (Fsp3) is 0.364. The Bertz CT molecular complexity index is 311. The normalized spacial score (nSPS) is 9.73. The first-order valence-electron chi connectivity index (χ1n) is 4.76. The molecule has 0 heterocycles. The van der Waals surface area contributed by atoms with E-state index in [1.54, 1.807) is 7.11 Å². The van der Waals surface area contributed by atoms with Crippen molar-refractivity contribution in [1.82, 2.24) is 5.32 Å². The fourth-order valence-corrected chi connectivity index (χ4v) is 1.30. The number of amides is 1. The molecule has 0 aliphatic rings. The molecule has 1 N–H and O–H groups in total. The van der Waals surface area contributed by atoms with Crippen LogP contribution < -0.4 is 10.1 Å². The van der Waals surface area contributed by atoms with Crippen LogP contribution in [-0.4, -0.2) is 25.3 Å². The number of carbonyl (C=O) groups is 1. The molecule has 4 heteroatoms. The summed E-state index contributed by atoms with van der Waals surface area (Å²) in [4.78, 5) is 11.3. The van der Waals surface area contributed by atoms with Gasteiger partial charge in [0, 0.05) is 12.3 Å². The fourth-order valence-electron chi connectivity index (χ4n) is 1.19. The minimum atomic E-state index is 0.0224. The third-order valence-corrected chi connectivity index (χ3v) is 2.18. The van der Waals surface area contributed by atoms with E-state index in [2.05, 4.69) is 17.9 Å². The van der Waals surface area contributed by atoms with Gasteiger partial charge in [-0.3, -0.25) is 4.79 Å². The van der Waals surface area contributed by atoms with Gasteiger partial charge in [-0.05, 0) is 17.7 Å². The summed E-state index contributed by atoms with van der Waals surface area (Å²) in [6.45, 7) is 0.609. The first kappa shape index (κ1) is 11.9. The Morgan fingerprint density at radius 1 is 1.40 bits per heavy atom. The van der Waals surface area contributed by atoms with Crippen LogP contribution in [0, 0.1) is 0 Å². The summed E-state index contributed by atoms with van der Waals surface area (Å²) < 4.78 is 5.03. The van der Waals surface area contributed by atoms with Crippen molar-refractivity contribution in [2.45, 2.75) is 6.42 Å². The largest absolute Gasteiger partial charge is 0.497 e. The summed E-state index contributed by atoms with van der Waals surface area (Å²) in [6.07, 6.45) is 0.401. The molecule has 0 radical (unpaired) electrons. The van der Waals surface area contributed by atoms with Gasteiger partial charge < -0.3 is 10.1 Å². The highest BCUT2D eigenvalue weighted by Gasteiger charge is 2.02. The molecule has 82 valence electrons. The van der Waals surface area contributed by atoms with E-state index in [-0.39, 0.29) is 5.91 Å². The monoisotopic (exact) mass is 225 g/mol. The lowest BCUT2D eigenvalue weighted by Crippen LogP contribution is -2.26. The van der Waals surface area contributed by atoms with E-state index in [0.717, 1.165) is 11.3 Å². The zero-order valence-electron chi connectivity index (χ0n) is 8.69. The molecule has 0 aromatic heterocycles. The zero-order chi connectivity index (χ0) is 11.1. The maximum Gasteiger partial charge on any atom is 0.224 e. The second-order valence-corrected chi connectivity index (χ2v) is 3.55.